The lowest BCUT2D eigenvalue weighted by Crippen LogP contribution is -2.48. The summed E-state index contributed by atoms with van der Waals surface area (Å²) in [5, 5.41) is 3.01. The molecule has 0 radical (unpaired) electrons. The van der Waals surface area contributed by atoms with Crippen LogP contribution in [0, 0.1) is 5.92 Å². The Morgan fingerprint density at radius 3 is 2.28 bits per heavy atom. The van der Waals surface area contributed by atoms with Crippen LogP contribution < -0.4 is 5.32 Å². The molecule has 0 bridgehead atoms. The quantitative estimate of drug-likeness (QED) is 0.914. The van der Waals surface area contributed by atoms with Gasteiger partial charge in [0.25, 0.3) is 5.91 Å². The highest BCUT2D eigenvalue weighted by atomic mass is 16.5. The molecule has 3 rings (SSSR count). The first-order valence-corrected chi connectivity index (χ1v) is 9.34. The fraction of sp³-hybridized carbons (Fsp3) is 0.600. The molecular formula is C20H28N2O3. The maximum Gasteiger partial charge on any atom is 0.254 e. The maximum atomic E-state index is 12.6. The number of amides is 2. The Kier molecular flexibility index (Phi) is 5.74. The van der Waals surface area contributed by atoms with Gasteiger partial charge in [-0.3, -0.25) is 9.59 Å². The van der Waals surface area contributed by atoms with Crippen LogP contribution in [0.3, 0.4) is 0 Å². The molecule has 2 amide bonds. The number of carbonyl (C=O) groups is 2. The van der Waals surface area contributed by atoms with Gasteiger partial charge in [0.05, 0.1) is 12.2 Å². The monoisotopic (exact) mass is 344 g/mol. The van der Waals surface area contributed by atoms with E-state index in [0.717, 1.165) is 31.2 Å². The second kappa shape index (κ2) is 8.00. The topological polar surface area (TPSA) is 58.6 Å². The normalized spacial score (nSPS) is 24.3. The number of nitrogens with one attached hydrogen (secondary N) is 1. The summed E-state index contributed by atoms with van der Waals surface area (Å²) in [6.07, 6.45) is 4.47. The van der Waals surface area contributed by atoms with Crippen LogP contribution >= 0.6 is 0 Å². The van der Waals surface area contributed by atoms with Crippen molar-refractivity contribution in [3.05, 3.63) is 35.4 Å². The van der Waals surface area contributed by atoms with Gasteiger partial charge in [0.1, 0.15) is 0 Å². The largest absolute Gasteiger partial charge is 0.372 e. The van der Waals surface area contributed by atoms with Crippen LogP contribution in [-0.4, -0.2) is 42.0 Å². The van der Waals surface area contributed by atoms with Crippen molar-refractivity contribution in [1.29, 1.82) is 0 Å². The predicted octanol–water partition coefficient (Wildman–Crippen LogP) is 2.74. The molecule has 1 saturated carbocycles. The smallest absolute Gasteiger partial charge is 0.254 e. The van der Waals surface area contributed by atoms with Crippen molar-refractivity contribution in [1.82, 2.24) is 10.2 Å². The summed E-state index contributed by atoms with van der Waals surface area (Å²) in [6, 6.07) is 7.55. The van der Waals surface area contributed by atoms with E-state index in [4.69, 9.17) is 4.74 Å². The third-order valence-electron chi connectivity index (χ3n) is 5.10. The summed E-state index contributed by atoms with van der Waals surface area (Å²) in [5.41, 5.74) is 1.71. The number of carbonyl (C=O) groups excluding carboxylic acids is 2. The highest BCUT2D eigenvalue weighted by molar-refractivity contribution is 5.94. The van der Waals surface area contributed by atoms with Crippen LogP contribution in [0.15, 0.2) is 24.3 Å². The lowest BCUT2D eigenvalue weighted by molar-refractivity contribution is -0.124. The first-order valence-electron chi connectivity index (χ1n) is 9.34. The third kappa shape index (κ3) is 4.60. The molecule has 136 valence electrons. The fourth-order valence-electron chi connectivity index (χ4n) is 3.81. The predicted molar refractivity (Wildman–Crippen MR) is 96.2 cm³/mol. The van der Waals surface area contributed by atoms with Gasteiger partial charge in [-0.1, -0.05) is 25.0 Å². The van der Waals surface area contributed by atoms with E-state index >= 15 is 0 Å². The Hall–Kier alpha value is -1.88. The first-order chi connectivity index (χ1) is 12.0. The molecule has 1 aliphatic heterocycles. The van der Waals surface area contributed by atoms with Gasteiger partial charge in [-0.25, -0.2) is 0 Å². The van der Waals surface area contributed by atoms with E-state index in [1.807, 2.05) is 43.0 Å². The van der Waals surface area contributed by atoms with Gasteiger partial charge in [0.15, 0.2) is 0 Å². The van der Waals surface area contributed by atoms with E-state index in [2.05, 4.69) is 5.32 Å². The maximum absolute atomic E-state index is 12.6. The summed E-state index contributed by atoms with van der Waals surface area (Å²) >= 11 is 0. The Morgan fingerprint density at radius 2 is 1.68 bits per heavy atom. The molecule has 0 spiro atoms. The van der Waals surface area contributed by atoms with Crippen LogP contribution in [0.5, 0.6) is 0 Å². The van der Waals surface area contributed by atoms with E-state index in [0.29, 0.717) is 25.2 Å². The fourth-order valence-corrected chi connectivity index (χ4v) is 3.81. The Morgan fingerprint density at radius 1 is 1.08 bits per heavy atom. The van der Waals surface area contributed by atoms with Crippen molar-refractivity contribution in [2.24, 2.45) is 5.92 Å². The summed E-state index contributed by atoms with van der Waals surface area (Å²) in [4.78, 5) is 26.6. The summed E-state index contributed by atoms with van der Waals surface area (Å²) < 4.78 is 5.68. The second-order valence-electron chi connectivity index (χ2n) is 7.36. The van der Waals surface area contributed by atoms with Crippen LogP contribution in [0.2, 0.25) is 0 Å². The third-order valence-corrected chi connectivity index (χ3v) is 5.10. The molecule has 0 unspecified atom stereocenters. The van der Waals surface area contributed by atoms with Gasteiger partial charge < -0.3 is 15.0 Å². The summed E-state index contributed by atoms with van der Waals surface area (Å²) in [5.74, 6) is 0.392. The molecule has 1 saturated heterocycles. The number of rotatable bonds is 4. The van der Waals surface area contributed by atoms with Crippen LogP contribution in [0.25, 0.3) is 0 Å². The molecule has 2 atom stereocenters. The first kappa shape index (κ1) is 17.9. The molecule has 2 aliphatic rings. The molecule has 1 heterocycles. The second-order valence-corrected chi connectivity index (χ2v) is 7.36. The van der Waals surface area contributed by atoms with Crippen molar-refractivity contribution < 1.29 is 14.3 Å². The summed E-state index contributed by atoms with van der Waals surface area (Å²) in [7, 11) is 0. The van der Waals surface area contributed by atoms with Gasteiger partial charge in [-0.05, 0) is 44.4 Å². The lowest BCUT2D eigenvalue weighted by Gasteiger charge is -2.35. The Balaban J connectivity index is 1.54. The van der Waals surface area contributed by atoms with Gasteiger partial charge in [-0.2, -0.15) is 0 Å². The van der Waals surface area contributed by atoms with E-state index < -0.39 is 0 Å². The van der Waals surface area contributed by atoms with E-state index in [1.165, 1.54) is 0 Å². The van der Waals surface area contributed by atoms with E-state index in [1.54, 1.807) is 0 Å². The molecule has 25 heavy (non-hydrogen) atoms. The molecule has 0 aromatic heterocycles. The van der Waals surface area contributed by atoms with Crippen molar-refractivity contribution in [3.8, 4) is 0 Å². The molecular weight excluding hydrogens is 316 g/mol. The number of benzene rings is 1. The highest BCUT2D eigenvalue weighted by Crippen LogP contribution is 2.24. The van der Waals surface area contributed by atoms with Gasteiger partial charge in [0.2, 0.25) is 5.91 Å². The van der Waals surface area contributed by atoms with Crippen LogP contribution in [-0.2, 0) is 16.1 Å². The highest BCUT2D eigenvalue weighted by Gasteiger charge is 2.26. The minimum absolute atomic E-state index is 0.0449. The Bertz CT molecular complexity index is 598. The van der Waals surface area contributed by atoms with Gasteiger partial charge in [0, 0.05) is 31.1 Å². The van der Waals surface area contributed by atoms with Gasteiger partial charge >= 0.3 is 0 Å². The Labute approximate surface area is 149 Å². The minimum Gasteiger partial charge on any atom is -0.372 e. The van der Waals surface area contributed by atoms with E-state index in [9.17, 15) is 9.59 Å². The average molecular weight is 344 g/mol. The zero-order chi connectivity index (χ0) is 17.8. The van der Waals surface area contributed by atoms with Crippen LogP contribution in [0.1, 0.15) is 55.5 Å². The lowest BCUT2D eigenvalue weighted by atomic mass is 10.1. The van der Waals surface area contributed by atoms with E-state index in [-0.39, 0.29) is 29.9 Å². The standard InChI is InChI=1S/C20H28N2O3/c1-14-12-22(13-15(2)25-14)20(24)18-9-7-16(8-10-18)11-21-19(23)17-5-3-4-6-17/h7-10,14-15,17H,3-6,11-13H2,1-2H3,(H,21,23)/t14-,15+. The molecule has 1 aromatic carbocycles. The van der Waals surface area contributed by atoms with Crippen LogP contribution in [0.4, 0.5) is 0 Å². The molecule has 1 aromatic rings. The minimum atomic E-state index is 0.0449. The molecule has 5 heteroatoms. The molecule has 1 N–H and O–H groups in total. The number of ether oxygens (including phenoxy) is 1. The van der Waals surface area contributed by atoms with Gasteiger partial charge in [-0.15, -0.1) is 0 Å². The molecule has 5 nitrogen and oxygen atoms in total. The molecule has 1 aliphatic carbocycles. The SMILES string of the molecule is C[C@@H]1CN(C(=O)c2ccc(CNC(=O)C3CCCC3)cc2)C[C@H](C)O1. The molecule has 2 fully saturated rings. The number of hydrogen-bond acceptors (Lipinski definition) is 3. The van der Waals surface area contributed by atoms with Crippen molar-refractivity contribution in [3.63, 3.8) is 0 Å². The zero-order valence-corrected chi connectivity index (χ0v) is 15.2. The zero-order valence-electron chi connectivity index (χ0n) is 15.2. The van der Waals surface area contributed by atoms with Crippen molar-refractivity contribution >= 4 is 11.8 Å². The number of nitrogens with zero attached hydrogens (tertiary/aromatic N) is 1. The number of hydrogen-bond donors (Lipinski definition) is 1. The van der Waals surface area contributed by atoms with Crippen molar-refractivity contribution in [2.75, 3.05) is 13.1 Å². The average Bonchev–Trinajstić information content (AvgIpc) is 3.13. The number of morpholine rings is 1. The van der Waals surface area contributed by atoms with Crippen molar-refractivity contribution in [2.45, 2.75) is 58.3 Å². The summed E-state index contributed by atoms with van der Waals surface area (Å²) in [6.45, 7) is 5.76.